The van der Waals surface area contributed by atoms with Crippen LogP contribution in [0.15, 0.2) is 23.0 Å². The fourth-order valence-electron chi connectivity index (χ4n) is 3.44. The summed E-state index contributed by atoms with van der Waals surface area (Å²) in [6.07, 6.45) is 1.34. The van der Waals surface area contributed by atoms with Gasteiger partial charge in [-0.2, -0.15) is 0 Å². The summed E-state index contributed by atoms with van der Waals surface area (Å²) in [6, 6.07) is 5.51. The molecule has 27 heavy (non-hydrogen) atoms. The Balaban J connectivity index is 1.77. The number of carbonyl (C=O) groups excluding carboxylic acids is 1. The number of carbonyl (C=O) groups is 1. The van der Waals surface area contributed by atoms with Crippen molar-refractivity contribution in [3.63, 3.8) is 0 Å². The fourth-order valence-corrected chi connectivity index (χ4v) is 5.67. The van der Waals surface area contributed by atoms with Gasteiger partial charge in [-0.25, -0.2) is 12.7 Å². The van der Waals surface area contributed by atoms with Gasteiger partial charge in [0.2, 0.25) is 15.9 Å². The number of rotatable bonds is 5. The number of sulfonamides is 1. The SMILES string of the molecule is CCS(=O)(=O)N1CCC[C@@H](C(=O)Nc2ccc3c(c2)sc(=O)n3C(C)C)C1. The lowest BCUT2D eigenvalue weighted by Gasteiger charge is -2.30. The largest absolute Gasteiger partial charge is 0.326 e. The summed E-state index contributed by atoms with van der Waals surface area (Å²) in [4.78, 5) is 24.8. The molecular weight excluding hydrogens is 386 g/mol. The molecule has 2 heterocycles. The number of amides is 1. The van der Waals surface area contributed by atoms with Crippen molar-refractivity contribution < 1.29 is 13.2 Å². The Labute approximate surface area is 163 Å². The zero-order valence-corrected chi connectivity index (χ0v) is 17.4. The van der Waals surface area contributed by atoms with E-state index in [1.54, 1.807) is 17.6 Å². The number of thiazole rings is 1. The molecule has 148 valence electrons. The Bertz CT molecular complexity index is 1010. The Hall–Kier alpha value is -1.71. The molecule has 1 aromatic carbocycles. The molecule has 0 saturated carbocycles. The molecule has 1 aromatic heterocycles. The maximum atomic E-state index is 12.6. The predicted octanol–water partition coefficient (Wildman–Crippen LogP) is 2.64. The molecule has 0 radical (unpaired) electrons. The van der Waals surface area contributed by atoms with Crippen LogP contribution in [0, 0.1) is 5.92 Å². The lowest BCUT2D eigenvalue weighted by molar-refractivity contribution is -0.120. The topological polar surface area (TPSA) is 88.5 Å². The van der Waals surface area contributed by atoms with Gasteiger partial charge in [-0.1, -0.05) is 11.3 Å². The van der Waals surface area contributed by atoms with Crippen molar-refractivity contribution in [2.24, 2.45) is 5.92 Å². The van der Waals surface area contributed by atoms with Crippen molar-refractivity contribution in [1.82, 2.24) is 8.87 Å². The maximum absolute atomic E-state index is 12.6. The summed E-state index contributed by atoms with van der Waals surface area (Å²) in [5.41, 5.74) is 1.48. The number of piperidine rings is 1. The summed E-state index contributed by atoms with van der Waals surface area (Å²) in [5.74, 6) is -0.500. The zero-order chi connectivity index (χ0) is 19.8. The molecule has 0 unspecified atom stereocenters. The van der Waals surface area contributed by atoms with E-state index < -0.39 is 10.0 Å². The molecular formula is C18H25N3O4S2. The van der Waals surface area contributed by atoms with Gasteiger partial charge in [-0.05, 0) is 51.8 Å². The van der Waals surface area contributed by atoms with Gasteiger partial charge < -0.3 is 5.32 Å². The maximum Gasteiger partial charge on any atom is 0.308 e. The van der Waals surface area contributed by atoms with Crippen LogP contribution in [0.2, 0.25) is 0 Å². The predicted molar refractivity (Wildman–Crippen MR) is 109 cm³/mol. The summed E-state index contributed by atoms with van der Waals surface area (Å²) in [7, 11) is -3.28. The molecule has 1 N–H and O–H groups in total. The molecule has 1 amide bonds. The first kappa shape index (κ1) is 20.0. The van der Waals surface area contributed by atoms with E-state index in [0.29, 0.717) is 25.1 Å². The van der Waals surface area contributed by atoms with Crippen LogP contribution in [-0.2, 0) is 14.8 Å². The van der Waals surface area contributed by atoms with E-state index in [-0.39, 0.29) is 35.0 Å². The van der Waals surface area contributed by atoms with E-state index >= 15 is 0 Å². The van der Waals surface area contributed by atoms with Gasteiger partial charge in [0.1, 0.15) is 0 Å². The quantitative estimate of drug-likeness (QED) is 0.819. The standard InChI is InChI=1S/C18H25N3O4S2/c1-4-27(24,25)20-9-5-6-13(11-20)17(22)19-14-7-8-15-16(10-14)26-18(23)21(15)12(2)3/h7-8,10,12-13H,4-6,9,11H2,1-3H3,(H,19,22)/t13-/m1/s1. The number of hydrogen-bond acceptors (Lipinski definition) is 5. The first-order valence-electron chi connectivity index (χ1n) is 9.16. The van der Waals surface area contributed by atoms with Crippen LogP contribution in [0.3, 0.4) is 0 Å². The molecule has 1 saturated heterocycles. The number of benzene rings is 1. The second-order valence-corrected chi connectivity index (χ2v) is 10.4. The minimum absolute atomic E-state index is 0.0174. The molecule has 3 rings (SSSR count). The number of anilines is 1. The van der Waals surface area contributed by atoms with E-state index in [9.17, 15) is 18.0 Å². The summed E-state index contributed by atoms with van der Waals surface area (Å²) in [6.45, 7) is 6.23. The molecule has 0 bridgehead atoms. The van der Waals surface area contributed by atoms with Crippen LogP contribution in [-0.4, -0.2) is 42.0 Å². The first-order chi connectivity index (χ1) is 12.7. The van der Waals surface area contributed by atoms with Gasteiger partial charge in [0, 0.05) is 24.8 Å². The molecule has 0 spiro atoms. The summed E-state index contributed by atoms with van der Waals surface area (Å²) >= 11 is 1.16. The van der Waals surface area contributed by atoms with Gasteiger partial charge in [0.05, 0.1) is 21.9 Å². The van der Waals surface area contributed by atoms with E-state index in [0.717, 1.165) is 21.6 Å². The molecule has 1 aliphatic heterocycles. The van der Waals surface area contributed by atoms with E-state index in [1.165, 1.54) is 4.31 Å². The monoisotopic (exact) mass is 411 g/mol. The van der Waals surface area contributed by atoms with Crippen LogP contribution in [0.1, 0.15) is 39.7 Å². The first-order valence-corrected chi connectivity index (χ1v) is 11.6. The van der Waals surface area contributed by atoms with E-state index in [4.69, 9.17) is 0 Å². The lowest BCUT2D eigenvalue weighted by Crippen LogP contribution is -2.44. The Morgan fingerprint density at radius 1 is 1.37 bits per heavy atom. The molecule has 1 atom stereocenters. The summed E-state index contributed by atoms with van der Waals surface area (Å²) < 4.78 is 28.1. The zero-order valence-electron chi connectivity index (χ0n) is 15.8. The molecule has 7 nitrogen and oxygen atoms in total. The van der Waals surface area contributed by atoms with E-state index in [1.807, 2.05) is 26.0 Å². The Morgan fingerprint density at radius 2 is 2.11 bits per heavy atom. The fraction of sp³-hybridized carbons (Fsp3) is 0.556. The highest BCUT2D eigenvalue weighted by atomic mass is 32.2. The average molecular weight is 412 g/mol. The lowest BCUT2D eigenvalue weighted by atomic mass is 9.98. The second kappa shape index (κ2) is 7.73. The van der Waals surface area contributed by atoms with Gasteiger partial charge in [0.25, 0.3) is 0 Å². The van der Waals surface area contributed by atoms with Crippen LogP contribution in [0.25, 0.3) is 10.2 Å². The van der Waals surface area contributed by atoms with Crippen molar-refractivity contribution in [2.45, 2.75) is 39.7 Å². The van der Waals surface area contributed by atoms with Crippen molar-refractivity contribution in [2.75, 3.05) is 24.2 Å². The molecule has 2 aromatic rings. The van der Waals surface area contributed by atoms with Gasteiger partial charge in [-0.15, -0.1) is 0 Å². The summed E-state index contributed by atoms with van der Waals surface area (Å²) in [5, 5.41) is 2.89. The smallest absolute Gasteiger partial charge is 0.308 e. The number of nitrogens with one attached hydrogen (secondary N) is 1. The minimum atomic E-state index is -3.28. The Kier molecular flexibility index (Phi) is 5.73. The number of nitrogens with zero attached hydrogens (tertiary/aromatic N) is 2. The highest BCUT2D eigenvalue weighted by molar-refractivity contribution is 7.89. The van der Waals surface area contributed by atoms with Crippen LogP contribution in [0.4, 0.5) is 5.69 Å². The number of aromatic nitrogens is 1. The van der Waals surface area contributed by atoms with Gasteiger partial charge >= 0.3 is 4.87 Å². The highest BCUT2D eigenvalue weighted by Crippen LogP contribution is 2.26. The van der Waals surface area contributed by atoms with Crippen molar-refractivity contribution >= 4 is 43.2 Å². The Morgan fingerprint density at radius 3 is 2.78 bits per heavy atom. The molecule has 1 aliphatic rings. The van der Waals surface area contributed by atoms with Crippen molar-refractivity contribution in [1.29, 1.82) is 0 Å². The molecule has 9 heteroatoms. The number of fused-ring (bicyclic) bond motifs is 1. The normalized spacial score (nSPS) is 18.9. The van der Waals surface area contributed by atoms with Gasteiger partial charge in [0.15, 0.2) is 0 Å². The van der Waals surface area contributed by atoms with E-state index in [2.05, 4.69) is 5.32 Å². The average Bonchev–Trinajstić information content (AvgIpc) is 2.96. The number of hydrogen-bond donors (Lipinski definition) is 1. The van der Waals surface area contributed by atoms with Crippen molar-refractivity contribution in [3.8, 4) is 0 Å². The molecule has 1 fully saturated rings. The van der Waals surface area contributed by atoms with Crippen molar-refractivity contribution in [3.05, 3.63) is 27.9 Å². The minimum Gasteiger partial charge on any atom is -0.326 e. The van der Waals surface area contributed by atoms with Gasteiger partial charge in [-0.3, -0.25) is 14.2 Å². The highest BCUT2D eigenvalue weighted by Gasteiger charge is 2.31. The third-order valence-electron chi connectivity index (χ3n) is 4.91. The van der Waals surface area contributed by atoms with Crippen LogP contribution in [0.5, 0.6) is 0 Å². The molecule has 0 aliphatic carbocycles. The third kappa shape index (κ3) is 4.09. The van der Waals surface area contributed by atoms with Crippen LogP contribution < -0.4 is 10.2 Å². The third-order valence-corrected chi connectivity index (χ3v) is 7.68. The van der Waals surface area contributed by atoms with Crippen LogP contribution >= 0.6 is 11.3 Å². The second-order valence-electron chi connectivity index (χ2n) is 7.10.